The van der Waals surface area contributed by atoms with Crippen LogP contribution in [0, 0.1) is 6.92 Å². The second kappa shape index (κ2) is 4.90. The predicted molar refractivity (Wildman–Crippen MR) is 46.7 cm³/mol. The largest absolute Gasteiger partial charge is 0.396 e. The normalized spacial score (nSPS) is 10.5. The molecule has 0 unspecified atom stereocenters. The van der Waals surface area contributed by atoms with E-state index < -0.39 is 0 Å². The molecule has 0 saturated heterocycles. The standard InChI is InChI=1S/C8H15N3O/c1-7-8(11-6-10-7)5-9-3-2-4-12/h6,9,12H,2-5H2,1H3,(H,10,11). The Balaban J connectivity index is 2.20. The van der Waals surface area contributed by atoms with E-state index in [0.717, 1.165) is 30.9 Å². The molecule has 0 spiro atoms. The Morgan fingerprint density at radius 2 is 2.50 bits per heavy atom. The smallest absolute Gasteiger partial charge is 0.0925 e. The van der Waals surface area contributed by atoms with E-state index in [2.05, 4.69) is 15.3 Å². The third-order valence-corrected chi connectivity index (χ3v) is 1.74. The first kappa shape index (κ1) is 9.22. The number of aryl methyl sites for hydroxylation is 1. The van der Waals surface area contributed by atoms with E-state index in [9.17, 15) is 0 Å². The van der Waals surface area contributed by atoms with Crippen molar-refractivity contribution < 1.29 is 5.11 Å². The molecule has 3 N–H and O–H groups in total. The van der Waals surface area contributed by atoms with E-state index in [-0.39, 0.29) is 6.61 Å². The van der Waals surface area contributed by atoms with Gasteiger partial charge in [-0.2, -0.15) is 0 Å². The Bertz CT molecular complexity index is 222. The third-order valence-electron chi connectivity index (χ3n) is 1.74. The van der Waals surface area contributed by atoms with E-state index in [1.54, 1.807) is 6.33 Å². The molecular formula is C8H15N3O. The lowest BCUT2D eigenvalue weighted by atomic mass is 10.3. The molecule has 0 saturated carbocycles. The Morgan fingerprint density at radius 3 is 3.08 bits per heavy atom. The van der Waals surface area contributed by atoms with Crippen molar-refractivity contribution in [2.24, 2.45) is 0 Å². The molecule has 0 aliphatic rings. The van der Waals surface area contributed by atoms with Crippen LogP contribution in [0.4, 0.5) is 0 Å². The van der Waals surface area contributed by atoms with Crippen molar-refractivity contribution in [2.45, 2.75) is 19.9 Å². The zero-order valence-corrected chi connectivity index (χ0v) is 7.30. The van der Waals surface area contributed by atoms with Crippen molar-refractivity contribution in [3.63, 3.8) is 0 Å². The molecular weight excluding hydrogens is 154 g/mol. The lowest BCUT2D eigenvalue weighted by Crippen LogP contribution is -2.16. The van der Waals surface area contributed by atoms with Crippen LogP contribution in [0.3, 0.4) is 0 Å². The fraction of sp³-hybridized carbons (Fsp3) is 0.625. The van der Waals surface area contributed by atoms with Crippen molar-refractivity contribution in [3.05, 3.63) is 17.7 Å². The average Bonchev–Trinajstić information content (AvgIpc) is 2.46. The van der Waals surface area contributed by atoms with Crippen molar-refractivity contribution >= 4 is 0 Å². The van der Waals surface area contributed by atoms with Crippen LogP contribution in [0.15, 0.2) is 6.33 Å². The molecule has 1 heterocycles. The number of aliphatic hydroxyl groups is 1. The minimum absolute atomic E-state index is 0.243. The maximum atomic E-state index is 8.52. The monoisotopic (exact) mass is 169 g/mol. The summed E-state index contributed by atoms with van der Waals surface area (Å²) in [5.74, 6) is 0. The van der Waals surface area contributed by atoms with Gasteiger partial charge in [0.05, 0.1) is 12.0 Å². The molecule has 68 valence electrons. The van der Waals surface area contributed by atoms with Crippen molar-refractivity contribution in [1.82, 2.24) is 15.3 Å². The van der Waals surface area contributed by atoms with Crippen molar-refractivity contribution in [2.75, 3.05) is 13.2 Å². The molecule has 1 aromatic rings. The summed E-state index contributed by atoms with van der Waals surface area (Å²) < 4.78 is 0. The second-order valence-electron chi connectivity index (χ2n) is 2.73. The van der Waals surface area contributed by atoms with Gasteiger partial charge in [0, 0.05) is 18.8 Å². The van der Waals surface area contributed by atoms with Gasteiger partial charge < -0.3 is 15.4 Å². The minimum Gasteiger partial charge on any atom is -0.396 e. The Morgan fingerprint density at radius 1 is 1.67 bits per heavy atom. The summed E-state index contributed by atoms with van der Waals surface area (Å²) in [6.07, 6.45) is 2.49. The molecule has 0 amide bonds. The average molecular weight is 169 g/mol. The van der Waals surface area contributed by atoms with E-state index in [1.807, 2.05) is 6.92 Å². The van der Waals surface area contributed by atoms with Gasteiger partial charge in [0.25, 0.3) is 0 Å². The van der Waals surface area contributed by atoms with Crippen molar-refractivity contribution in [3.8, 4) is 0 Å². The zero-order chi connectivity index (χ0) is 8.81. The molecule has 4 heteroatoms. The maximum Gasteiger partial charge on any atom is 0.0925 e. The highest BCUT2D eigenvalue weighted by Gasteiger charge is 1.98. The first-order chi connectivity index (χ1) is 5.84. The number of nitrogens with one attached hydrogen (secondary N) is 2. The number of hydrogen-bond acceptors (Lipinski definition) is 3. The van der Waals surface area contributed by atoms with Gasteiger partial charge >= 0.3 is 0 Å². The maximum absolute atomic E-state index is 8.52. The molecule has 0 atom stereocenters. The van der Waals surface area contributed by atoms with Gasteiger partial charge in [-0.15, -0.1) is 0 Å². The highest BCUT2D eigenvalue weighted by atomic mass is 16.3. The fourth-order valence-corrected chi connectivity index (χ4v) is 0.976. The minimum atomic E-state index is 0.243. The zero-order valence-electron chi connectivity index (χ0n) is 7.30. The van der Waals surface area contributed by atoms with E-state index >= 15 is 0 Å². The lowest BCUT2D eigenvalue weighted by Gasteiger charge is -2.00. The van der Waals surface area contributed by atoms with Gasteiger partial charge in [0.2, 0.25) is 0 Å². The number of aromatic amines is 1. The highest BCUT2D eigenvalue weighted by molar-refractivity contribution is 5.07. The number of nitrogens with zero attached hydrogens (tertiary/aromatic N) is 1. The molecule has 4 nitrogen and oxygen atoms in total. The van der Waals surface area contributed by atoms with Crippen LogP contribution in [-0.2, 0) is 6.54 Å². The summed E-state index contributed by atoms with van der Waals surface area (Å²) in [6.45, 7) is 3.85. The summed E-state index contributed by atoms with van der Waals surface area (Å²) in [5, 5.41) is 11.7. The summed E-state index contributed by atoms with van der Waals surface area (Å²) in [7, 11) is 0. The molecule has 12 heavy (non-hydrogen) atoms. The second-order valence-corrected chi connectivity index (χ2v) is 2.73. The van der Waals surface area contributed by atoms with Crippen LogP contribution in [0.2, 0.25) is 0 Å². The molecule has 0 radical (unpaired) electrons. The van der Waals surface area contributed by atoms with Crippen molar-refractivity contribution in [1.29, 1.82) is 0 Å². The van der Waals surface area contributed by atoms with Gasteiger partial charge in [0.1, 0.15) is 0 Å². The molecule has 0 aliphatic heterocycles. The number of H-pyrrole nitrogens is 1. The summed E-state index contributed by atoms with van der Waals surface area (Å²) in [6, 6.07) is 0. The highest BCUT2D eigenvalue weighted by Crippen LogP contribution is 1.98. The lowest BCUT2D eigenvalue weighted by molar-refractivity contribution is 0.286. The van der Waals surface area contributed by atoms with Crippen LogP contribution in [0.25, 0.3) is 0 Å². The number of imidazole rings is 1. The van der Waals surface area contributed by atoms with Gasteiger partial charge in [0.15, 0.2) is 0 Å². The summed E-state index contributed by atoms with van der Waals surface area (Å²) in [4.78, 5) is 7.14. The first-order valence-electron chi connectivity index (χ1n) is 4.15. The molecule has 1 aromatic heterocycles. The van der Waals surface area contributed by atoms with Crippen LogP contribution in [0.1, 0.15) is 17.8 Å². The number of hydrogen-bond donors (Lipinski definition) is 3. The van der Waals surface area contributed by atoms with Crippen LogP contribution < -0.4 is 5.32 Å². The van der Waals surface area contributed by atoms with E-state index in [1.165, 1.54) is 0 Å². The molecule has 0 aromatic carbocycles. The number of rotatable bonds is 5. The Kier molecular flexibility index (Phi) is 3.76. The van der Waals surface area contributed by atoms with Gasteiger partial charge in [-0.05, 0) is 19.9 Å². The van der Waals surface area contributed by atoms with E-state index in [0.29, 0.717) is 0 Å². The van der Waals surface area contributed by atoms with Crippen LogP contribution >= 0.6 is 0 Å². The number of aromatic nitrogens is 2. The Labute approximate surface area is 72.0 Å². The van der Waals surface area contributed by atoms with Gasteiger partial charge in [-0.1, -0.05) is 0 Å². The fourth-order valence-electron chi connectivity index (χ4n) is 0.976. The third kappa shape index (κ3) is 2.64. The van der Waals surface area contributed by atoms with Gasteiger partial charge in [-0.25, -0.2) is 4.98 Å². The van der Waals surface area contributed by atoms with Crippen LogP contribution in [-0.4, -0.2) is 28.2 Å². The predicted octanol–water partition coefficient (Wildman–Crippen LogP) is 0.190. The summed E-state index contributed by atoms with van der Waals surface area (Å²) >= 11 is 0. The molecule has 0 bridgehead atoms. The SMILES string of the molecule is Cc1[nH]cnc1CNCCCO. The molecule has 1 rings (SSSR count). The summed E-state index contributed by atoms with van der Waals surface area (Å²) in [5.41, 5.74) is 2.15. The molecule has 0 aliphatic carbocycles. The number of aliphatic hydroxyl groups excluding tert-OH is 1. The molecule has 0 fully saturated rings. The Hall–Kier alpha value is -0.870. The van der Waals surface area contributed by atoms with Crippen LogP contribution in [0.5, 0.6) is 0 Å². The quantitative estimate of drug-likeness (QED) is 0.551. The van der Waals surface area contributed by atoms with E-state index in [4.69, 9.17) is 5.11 Å². The topological polar surface area (TPSA) is 60.9 Å². The first-order valence-corrected chi connectivity index (χ1v) is 4.15. The van der Waals surface area contributed by atoms with Gasteiger partial charge in [-0.3, -0.25) is 0 Å².